The van der Waals surface area contributed by atoms with E-state index >= 15 is 0 Å². The minimum absolute atomic E-state index is 0.402. The number of rotatable bonds is 3. The van der Waals surface area contributed by atoms with Crippen molar-refractivity contribution < 1.29 is 4.74 Å². The zero-order valence-corrected chi connectivity index (χ0v) is 11.1. The summed E-state index contributed by atoms with van der Waals surface area (Å²) in [7, 11) is 0. The van der Waals surface area contributed by atoms with Crippen LogP contribution < -0.4 is 5.32 Å². The zero-order chi connectivity index (χ0) is 12.3. The molecule has 2 rings (SSSR count). The van der Waals surface area contributed by atoms with Gasteiger partial charge in [-0.25, -0.2) is 0 Å². The van der Waals surface area contributed by atoms with Crippen LogP contribution in [0.5, 0.6) is 0 Å². The second-order valence-corrected chi connectivity index (χ2v) is 5.15. The predicted molar refractivity (Wildman–Crippen MR) is 71.2 cm³/mol. The molecular formula is C15H23NO. The van der Waals surface area contributed by atoms with Crippen LogP contribution in [0, 0.1) is 13.8 Å². The second-order valence-electron chi connectivity index (χ2n) is 5.15. The van der Waals surface area contributed by atoms with Gasteiger partial charge in [-0.2, -0.15) is 0 Å². The first-order valence-corrected chi connectivity index (χ1v) is 6.57. The van der Waals surface area contributed by atoms with Crippen molar-refractivity contribution in [1.82, 2.24) is 5.32 Å². The van der Waals surface area contributed by atoms with E-state index in [0.29, 0.717) is 12.1 Å². The molecule has 2 atom stereocenters. The van der Waals surface area contributed by atoms with Gasteiger partial charge in [-0.3, -0.25) is 0 Å². The van der Waals surface area contributed by atoms with Gasteiger partial charge in [0, 0.05) is 19.2 Å². The number of benzene rings is 1. The average Bonchev–Trinajstić information content (AvgIpc) is 2.28. The van der Waals surface area contributed by atoms with Crippen LogP contribution in [-0.2, 0) is 11.3 Å². The summed E-state index contributed by atoms with van der Waals surface area (Å²) in [6.45, 7) is 8.42. The molecule has 2 unspecified atom stereocenters. The summed E-state index contributed by atoms with van der Waals surface area (Å²) in [4.78, 5) is 0. The van der Waals surface area contributed by atoms with Crippen LogP contribution in [-0.4, -0.2) is 18.8 Å². The van der Waals surface area contributed by atoms with Gasteiger partial charge in [0.2, 0.25) is 0 Å². The number of nitrogens with one attached hydrogen (secondary N) is 1. The molecular weight excluding hydrogens is 210 g/mol. The van der Waals surface area contributed by atoms with Crippen molar-refractivity contribution >= 4 is 0 Å². The minimum atomic E-state index is 0.402. The average molecular weight is 233 g/mol. The second kappa shape index (κ2) is 5.65. The lowest BCUT2D eigenvalue weighted by molar-refractivity contribution is 0.0130. The number of hydrogen-bond acceptors (Lipinski definition) is 2. The molecule has 1 aliphatic rings. The van der Waals surface area contributed by atoms with Gasteiger partial charge < -0.3 is 10.1 Å². The SMILES string of the molecule is Cc1cccc(C)c1CNC1CCOC(C)C1. The highest BCUT2D eigenvalue weighted by Gasteiger charge is 2.18. The van der Waals surface area contributed by atoms with E-state index < -0.39 is 0 Å². The largest absolute Gasteiger partial charge is 0.378 e. The van der Waals surface area contributed by atoms with E-state index in [1.807, 2.05) is 0 Å². The molecule has 1 N–H and O–H groups in total. The monoisotopic (exact) mass is 233 g/mol. The van der Waals surface area contributed by atoms with Crippen LogP contribution in [0.3, 0.4) is 0 Å². The first-order chi connectivity index (χ1) is 8.16. The number of ether oxygens (including phenoxy) is 1. The Morgan fingerprint density at radius 1 is 1.29 bits per heavy atom. The summed E-state index contributed by atoms with van der Waals surface area (Å²) in [6, 6.07) is 7.12. The minimum Gasteiger partial charge on any atom is -0.378 e. The van der Waals surface area contributed by atoms with Crippen molar-refractivity contribution in [3.8, 4) is 0 Å². The van der Waals surface area contributed by atoms with Crippen LogP contribution in [0.1, 0.15) is 36.5 Å². The van der Waals surface area contributed by atoms with Crippen LogP contribution in [0.2, 0.25) is 0 Å². The zero-order valence-electron chi connectivity index (χ0n) is 11.1. The molecule has 2 nitrogen and oxygen atoms in total. The number of aryl methyl sites for hydroxylation is 2. The Kier molecular flexibility index (Phi) is 4.19. The summed E-state index contributed by atoms with van der Waals surface area (Å²) < 4.78 is 5.57. The molecule has 0 bridgehead atoms. The van der Waals surface area contributed by atoms with Gasteiger partial charge >= 0.3 is 0 Å². The third-order valence-corrected chi connectivity index (χ3v) is 3.70. The molecule has 0 spiro atoms. The van der Waals surface area contributed by atoms with E-state index in [0.717, 1.165) is 26.0 Å². The molecule has 0 amide bonds. The van der Waals surface area contributed by atoms with Gasteiger partial charge in [0.25, 0.3) is 0 Å². The first-order valence-electron chi connectivity index (χ1n) is 6.57. The first kappa shape index (κ1) is 12.6. The summed E-state index contributed by atoms with van der Waals surface area (Å²) in [5, 5.41) is 3.67. The van der Waals surface area contributed by atoms with Gasteiger partial charge in [0.1, 0.15) is 0 Å². The summed E-state index contributed by atoms with van der Waals surface area (Å²) in [6.07, 6.45) is 2.67. The van der Waals surface area contributed by atoms with Crippen LogP contribution in [0.15, 0.2) is 18.2 Å². The fourth-order valence-electron chi connectivity index (χ4n) is 2.56. The van der Waals surface area contributed by atoms with Gasteiger partial charge in [-0.05, 0) is 50.3 Å². The Morgan fingerprint density at radius 3 is 2.65 bits per heavy atom. The molecule has 94 valence electrons. The van der Waals surface area contributed by atoms with E-state index in [1.165, 1.54) is 16.7 Å². The van der Waals surface area contributed by atoms with E-state index in [1.54, 1.807) is 0 Å². The molecule has 1 heterocycles. The highest BCUT2D eigenvalue weighted by molar-refractivity contribution is 5.33. The third-order valence-electron chi connectivity index (χ3n) is 3.70. The Morgan fingerprint density at radius 2 is 2.00 bits per heavy atom. The Bertz CT molecular complexity index is 355. The normalized spacial score (nSPS) is 24.9. The molecule has 1 aliphatic heterocycles. The van der Waals surface area contributed by atoms with Gasteiger partial charge in [0.15, 0.2) is 0 Å². The Hall–Kier alpha value is -0.860. The van der Waals surface area contributed by atoms with Crippen molar-refractivity contribution in [2.45, 2.75) is 52.3 Å². The Balaban J connectivity index is 1.93. The molecule has 17 heavy (non-hydrogen) atoms. The molecule has 1 fully saturated rings. The van der Waals surface area contributed by atoms with Crippen molar-refractivity contribution in [3.63, 3.8) is 0 Å². The van der Waals surface area contributed by atoms with Gasteiger partial charge in [-0.1, -0.05) is 18.2 Å². The summed E-state index contributed by atoms with van der Waals surface area (Å²) >= 11 is 0. The molecule has 0 aromatic heterocycles. The molecule has 1 aromatic carbocycles. The topological polar surface area (TPSA) is 21.3 Å². The maximum atomic E-state index is 5.57. The van der Waals surface area contributed by atoms with Gasteiger partial charge in [-0.15, -0.1) is 0 Å². The van der Waals surface area contributed by atoms with E-state index in [2.05, 4.69) is 44.3 Å². The van der Waals surface area contributed by atoms with E-state index in [4.69, 9.17) is 4.74 Å². The maximum Gasteiger partial charge on any atom is 0.0561 e. The quantitative estimate of drug-likeness (QED) is 0.866. The number of hydrogen-bond donors (Lipinski definition) is 1. The smallest absolute Gasteiger partial charge is 0.0561 e. The highest BCUT2D eigenvalue weighted by Crippen LogP contribution is 2.16. The van der Waals surface area contributed by atoms with Crippen molar-refractivity contribution in [2.75, 3.05) is 6.61 Å². The molecule has 1 aromatic rings. The van der Waals surface area contributed by atoms with Crippen molar-refractivity contribution in [2.24, 2.45) is 0 Å². The van der Waals surface area contributed by atoms with Crippen molar-refractivity contribution in [3.05, 3.63) is 34.9 Å². The molecule has 0 aliphatic carbocycles. The lowest BCUT2D eigenvalue weighted by atomic mass is 10.0. The standard InChI is InChI=1S/C15H23NO/c1-11-5-4-6-12(2)15(11)10-16-14-7-8-17-13(3)9-14/h4-6,13-14,16H,7-10H2,1-3H3. The van der Waals surface area contributed by atoms with Gasteiger partial charge in [0.05, 0.1) is 6.10 Å². The molecule has 2 heteroatoms. The summed E-state index contributed by atoms with van der Waals surface area (Å²) in [5.74, 6) is 0. The highest BCUT2D eigenvalue weighted by atomic mass is 16.5. The predicted octanol–water partition coefficient (Wildman–Crippen LogP) is 2.96. The lowest BCUT2D eigenvalue weighted by Crippen LogP contribution is -2.37. The van der Waals surface area contributed by atoms with E-state index in [9.17, 15) is 0 Å². The fraction of sp³-hybridized carbons (Fsp3) is 0.600. The lowest BCUT2D eigenvalue weighted by Gasteiger charge is -2.28. The van der Waals surface area contributed by atoms with Crippen molar-refractivity contribution in [1.29, 1.82) is 0 Å². The third kappa shape index (κ3) is 3.30. The van der Waals surface area contributed by atoms with E-state index in [-0.39, 0.29) is 0 Å². The molecule has 1 saturated heterocycles. The van der Waals surface area contributed by atoms with Crippen LogP contribution >= 0.6 is 0 Å². The summed E-state index contributed by atoms with van der Waals surface area (Å²) in [5.41, 5.74) is 4.22. The fourth-order valence-corrected chi connectivity index (χ4v) is 2.56. The molecule has 0 saturated carbocycles. The van der Waals surface area contributed by atoms with Crippen LogP contribution in [0.25, 0.3) is 0 Å². The molecule has 0 radical (unpaired) electrons. The maximum absolute atomic E-state index is 5.57. The Labute approximate surface area is 104 Å². The van der Waals surface area contributed by atoms with Crippen LogP contribution in [0.4, 0.5) is 0 Å².